The Kier molecular flexibility index (Phi) is 6.24. The third kappa shape index (κ3) is 4.22. The van der Waals surface area contributed by atoms with E-state index in [9.17, 15) is 13.2 Å². The number of sulfonamides is 1. The van der Waals surface area contributed by atoms with Crippen LogP contribution in [0.3, 0.4) is 0 Å². The molecular weight excluding hydrogens is 470 g/mol. The molecule has 0 fully saturated rings. The molecule has 5 rings (SSSR count). The quantitative estimate of drug-likeness (QED) is 0.302. The molecule has 36 heavy (non-hydrogen) atoms. The fourth-order valence-electron chi connectivity index (χ4n) is 4.67. The lowest BCUT2D eigenvalue weighted by Crippen LogP contribution is -2.38. The first-order valence-corrected chi connectivity index (χ1v) is 13.3. The number of hydrogen-bond acceptors (Lipinski definition) is 3. The zero-order valence-corrected chi connectivity index (χ0v) is 21.0. The van der Waals surface area contributed by atoms with E-state index in [2.05, 4.69) is 28.9 Å². The molecule has 1 aromatic heterocycles. The molecule has 1 N–H and O–H groups in total. The highest BCUT2D eigenvalue weighted by Gasteiger charge is 2.28. The first-order valence-electron chi connectivity index (χ1n) is 11.8. The van der Waals surface area contributed by atoms with Crippen molar-refractivity contribution in [1.29, 1.82) is 0 Å². The van der Waals surface area contributed by atoms with Crippen LogP contribution in [-0.2, 0) is 21.4 Å². The van der Waals surface area contributed by atoms with E-state index in [1.165, 1.54) is 16.4 Å². The van der Waals surface area contributed by atoms with Crippen LogP contribution in [0.25, 0.3) is 21.8 Å². The number of nitrogens with one attached hydrogen (secondary N) is 1. The zero-order valence-electron chi connectivity index (χ0n) is 20.2. The van der Waals surface area contributed by atoms with E-state index < -0.39 is 15.9 Å². The number of fused-ring (bicyclic) bond motifs is 3. The molecule has 0 unspecified atom stereocenters. The smallest absolute Gasteiger partial charge is 0.264 e. The van der Waals surface area contributed by atoms with Gasteiger partial charge in [-0.3, -0.25) is 9.10 Å². The summed E-state index contributed by atoms with van der Waals surface area (Å²) in [6.45, 7) is 4.42. The molecule has 0 radical (unpaired) electrons. The number of rotatable bonds is 7. The van der Waals surface area contributed by atoms with Crippen molar-refractivity contribution in [3.8, 4) is 0 Å². The minimum absolute atomic E-state index is 0.134. The van der Waals surface area contributed by atoms with Gasteiger partial charge in [0.2, 0.25) is 5.91 Å². The summed E-state index contributed by atoms with van der Waals surface area (Å²) in [5, 5.41) is 5.06. The van der Waals surface area contributed by atoms with Gasteiger partial charge in [0.15, 0.2) is 0 Å². The van der Waals surface area contributed by atoms with Crippen LogP contribution >= 0.6 is 0 Å². The molecule has 0 saturated carbocycles. The Hall–Kier alpha value is -4.10. The number of aryl methyl sites for hydroxylation is 2. The lowest BCUT2D eigenvalue weighted by Gasteiger charge is -2.25. The monoisotopic (exact) mass is 497 g/mol. The Morgan fingerprint density at radius 3 is 2.25 bits per heavy atom. The lowest BCUT2D eigenvalue weighted by molar-refractivity contribution is -0.114. The molecule has 0 saturated heterocycles. The topological polar surface area (TPSA) is 71.4 Å². The van der Waals surface area contributed by atoms with Crippen molar-refractivity contribution >= 4 is 49.1 Å². The third-order valence-electron chi connectivity index (χ3n) is 6.37. The Morgan fingerprint density at radius 2 is 1.50 bits per heavy atom. The number of carbonyl (C=O) groups excluding carboxylic acids is 1. The van der Waals surface area contributed by atoms with E-state index in [1.54, 1.807) is 30.3 Å². The molecule has 0 spiro atoms. The summed E-state index contributed by atoms with van der Waals surface area (Å²) in [6, 6.07) is 29.3. The molecule has 0 aliphatic carbocycles. The fraction of sp³-hybridized carbons (Fsp3) is 0.138. The number of para-hydroxylation sites is 2. The van der Waals surface area contributed by atoms with Crippen LogP contribution in [0, 0.1) is 6.92 Å². The van der Waals surface area contributed by atoms with Crippen molar-refractivity contribution in [3.63, 3.8) is 0 Å². The van der Waals surface area contributed by atoms with Gasteiger partial charge >= 0.3 is 0 Å². The van der Waals surface area contributed by atoms with Crippen LogP contribution in [0.4, 0.5) is 11.4 Å². The van der Waals surface area contributed by atoms with Crippen LogP contribution in [0.15, 0.2) is 102 Å². The number of carbonyl (C=O) groups is 1. The highest BCUT2D eigenvalue weighted by atomic mass is 32.2. The summed E-state index contributed by atoms with van der Waals surface area (Å²) in [5.41, 5.74) is 4.08. The summed E-state index contributed by atoms with van der Waals surface area (Å²) in [4.78, 5) is 13.4. The molecule has 4 aromatic carbocycles. The number of anilines is 2. The normalized spacial score (nSPS) is 11.6. The summed E-state index contributed by atoms with van der Waals surface area (Å²) in [6.07, 6.45) is 0. The van der Waals surface area contributed by atoms with Crippen LogP contribution < -0.4 is 9.62 Å². The molecule has 6 nitrogen and oxygen atoms in total. The Labute approximate surface area is 210 Å². The van der Waals surface area contributed by atoms with Gasteiger partial charge in [0.1, 0.15) is 6.54 Å². The van der Waals surface area contributed by atoms with Crippen molar-refractivity contribution < 1.29 is 13.2 Å². The maximum absolute atomic E-state index is 13.6. The number of aromatic nitrogens is 1. The van der Waals surface area contributed by atoms with E-state index in [4.69, 9.17) is 0 Å². The predicted octanol–water partition coefficient (Wildman–Crippen LogP) is 5.96. The first kappa shape index (κ1) is 23.6. The van der Waals surface area contributed by atoms with E-state index >= 15 is 0 Å². The van der Waals surface area contributed by atoms with Gasteiger partial charge < -0.3 is 9.88 Å². The summed E-state index contributed by atoms with van der Waals surface area (Å²) >= 11 is 0. The zero-order chi connectivity index (χ0) is 25.3. The van der Waals surface area contributed by atoms with Crippen molar-refractivity contribution in [1.82, 2.24) is 4.57 Å². The molecule has 0 aliphatic heterocycles. The summed E-state index contributed by atoms with van der Waals surface area (Å²) < 4.78 is 30.6. The van der Waals surface area contributed by atoms with Crippen LogP contribution in [0.2, 0.25) is 0 Å². The van der Waals surface area contributed by atoms with E-state index in [-0.39, 0.29) is 11.4 Å². The number of amides is 1. The number of benzene rings is 4. The molecule has 5 aromatic rings. The molecule has 1 heterocycles. The fourth-order valence-corrected chi connectivity index (χ4v) is 6.17. The highest BCUT2D eigenvalue weighted by Crippen LogP contribution is 2.31. The minimum atomic E-state index is -3.96. The van der Waals surface area contributed by atoms with E-state index in [1.807, 2.05) is 49.4 Å². The largest absolute Gasteiger partial charge is 0.341 e. The second-order valence-corrected chi connectivity index (χ2v) is 10.5. The second-order valence-electron chi connectivity index (χ2n) is 8.65. The van der Waals surface area contributed by atoms with Gasteiger partial charge in [-0.05, 0) is 61.9 Å². The third-order valence-corrected chi connectivity index (χ3v) is 8.15. The van der Waals surface area contributed by atoms with Crippen molar-refractivity contribution in [3.05, 3.63) is 103 Å². The Balaban J connectivity index is 1.49. The molecule has 7 heteroatoms. The average Bonchev–Trinajstić information content (AvgIpc) is 3.21. The maximum Gasteiger partial charge on any atom is 0.264 e. The maximum atomic E-state index is 13.6. The predicted molar refractivity (Wildman–Crippen MR) is 146 cm³/mol. The van der Waals surface area contributed by atoms with Gasteiger partial charge in [0.25, 0.3) is 10.0 Å². The number of nitrogens with zero attached hydrogens (tertiary/aromatic N) is 2. The molecule has 182 valence electrons. The van der Waals surface area contributed by atoms with Crippen LogP contribution in [-0.4, -0.2) is 25.4 Å². The van der Waals surface area contributed by atoms with E-state index in [0.717, 1.165) is 33.9 Å². The Morgan fingerprint density at radius 1 is 0.833 bits per heavy atom. The van der Waals surface area contributed by atoms with E-state index in [0.29, 0.717) is 11.4 Å². The average molecular weight is 498 g/mol. The second kappa shape index (κ2) is 9.51. The summed E-state index contributed by atoms with van der Waals surface area (Å²) in [5.74, 6) is -0.420. The van der Waals surface area contributed by atoms with Gasteiger partial charge in [0, 0.05) is 34.0 Å². The van der Waals surface area contributed by atoms with Gasteiger partial charge in [-0.25, -0.2) is 8.42 Å². The molecule has 0 aliphatic rings. The summed E-state index contributed by atoms with van der Waals surface area (Å²) in [7, 11) is -3.96. The van der Waals surface area contributed by atoms with Gasteiger partial charge in [0.05, 0.1) is 10.6 Å². The van der Waals surface area contributed by atoms with Gasteiger partial charge in [-0.1, -0.05) is 54.6 Å². The van der Waals surface area contributed by atoms with Crippen molar-refractivity contribution in [2.75, 3.05) is 16.2 Å². The van der Waals surface area contributed by atoms with Gasteiger partial charge in [-0.2, -0.15) is 0 Å². The number of hydrogen-bond donors (Lipinski definition) is 1. The van der Waals surface area contributed by atoms with Crippen molar-refractivity contribution in [2.24, 2.45) is 0 Å². The lowest BCUT2D eigenvalue weighted by atomic mass is 10.1. The molecule has 0 bridgehead atoms. The van der Waals surface area contributed by atoms with Crippen LogP contribution in [0.5, 0.6) is 0 Å². The highest BCUT2D eigenvalue weighted by molar-refractivity contribution is 7.92. The molecular formula is C29H27N3O3S. The minimum Gasteiger partial charge on any atom is -0.341 e. The molecule has 0 atom stereocenters. The van der Waals surface area contributed by atoms with Crippen molar-refractivity contribution in [2.45, 2.75) is 25.3 Å². The SMILES string of the molecule is CCn1c2ccccc2c2cc(NC(=O)CN(c3ccccc3C)S(=O)(=O)c3ccccc3)ccc21. The Bertz CT molecular complexity index is 1670. The first-order chi connectivity index (χ1) is 17.4. The molecule has 1 amide bonds. The van der Waals surface area contributed by atoms with Crippen LogP contribution in [0.1, 0.15) is 12.5 Å². The van der Waals surface area contributed by atoms with Gasteiger partial charge in [-0.15, -0.1) is 0 Å². The standard InChI is InChI=1S/C29H27N3O3S/c1-3-31-27-16-10-8-14-24(27)25-19-22(17-18-28(25)31)30-29(33)20-32(26-15-9-7-11-21(26)2)36(34,35)23-12-5-4-6-13-23/h4-19H,3,20H2,1-2H3,(H,30,33).